The van der Waals surface area contributed by atoms with Gasteiger partial charge in [0.2, 0.25) is 0 Å². The molecule has 0 saturated carbocycles. The van der Waals surface area contributed by atoms with Crippen molar-refractivity contribution >= 4 is 11.5 Å². The molecule has 0 spiro atoms. The van der Waals surface area contributed by atoms with E-state index in [-0.39, 0.29) is 17.9 Å². The van der Waals surface area contributed by atoms with Gasteiger partial charge < -0.3 is 19.4 Å². The summed E-state index contributed by atoms with van der Waals surface area (Å²) in [5.41, 5.74) is 1.21. The van der Waals surface area contributed by atoms with Crippen LogP contribution in [-0.2, 0) is 0 Å². The van der Waals surface area contributed by atoms with Gasteiger partial charge in [-0.15, -0.1) is 0 Å². The number of carbonyl (C=O) groups excluding carboxylic acids is 1. The number of rotatable bonds is 2. The van der Waals surface area contributed by atoms with Crippen molar-refractivity contribution in [3.63, 3.8) is 0 Å². The summed E-state index contributed by atoms with van der Waals surface area (Å²) in [6.45, 7) is 1.20. The molecule has 2 aromatic carbocycles. The van der Waals surface area contributed by atoms with Crippen LogP contribution < -0.4 is 19.4 Å². The van der Waals surface area contributed by atoms with Gasteiger partial charge in [0, 0.05) is 18.6 Å². The Morgan fingerprint density at radius 1 is 1.04 bits per heavy atom. The van der Waals surface area contributed by atoms with E-state index in [1.54, 1.807) is 0 Å². The Hall–Kier alpha value is -2.61. The maximum absolute atomic E-state index is 12.5. The van der Waals surface area contributed by atoms with E-state index < -0.39 is 11.3 Å². The molecule has 0 radical (unpaired) electrons. The van der Waals surface area contributed by atoms with Crippen molar-refractivity contribution in [3.8, 4) is 17.2 Å². The summed E-state index contributed by atoms with van der Waals surface area (Å²) >= 11 is 0. The predicted molar refractivity (Wildman–Crippen MR) is 86.6 cm³/mol. The summed E-state index contributed by atoms with van der Waals surface area (Å²) < 4.78 is 17.2. The zero-order chi connectivity index (χ0) is 17.4. The lowest BCUT2D eigenvalue weighted by molar-refractivity contribution is -0.991. The average Bonchev–Trinajstić information content (AvgIpc) is 2.86. The molecule has 0 bridgehead atoms. The Kier molecular flexibility index (Phi) is 4.04. The molecule has 2 aromatic rings. The van der Waals surface area contributed by atoms with Gasteiger partial charge in [-0.25, -0.2) is 5.21 Å². The van der Waals surface area contributed by atoms with Crippen molar-refractivity contribution in [2.45, 2.75) is 18.9 Å². The average molecular weight is 343 g/mol. The van der Waals surface area contributed by atoms with Crippen LogP contribution in [0, 0.1) is 5.21 Å². The van der Waals surface area contributed by atoms with Gasteiger partial charge in [0.25, 0.3) is 0 Å². The van der Waals surface area contributed by atoms with Gasteiger partial charge in [-0.3, -0.25) is 4.79 Å². The molecule has 25 heavy (non-hydrogen) atoms. The quantitative estimate of drug-likeness (QED) is 0.810. The number of quaternary nitrogens is 1. The number of Topliss-reactive ketones (excluding diaryl/α,β-unsaturated/α-hetero) is 1. The highest BCUT2D eigenvalue weighted by atomic mass is 16.8. The Balaban J connectivity index is 1.63. The van der Waals surface area contributed by atoms with Gasteiger partial charge >= 0.3 is 0 Å². The molecule has 2 atom stereocenters. The minimum Gasteiger partial charge on any atom is -0.595 e. The number of carbonyl (C=O) groups is 1. The summed E-state index contributed by atoms with van der Waals surface area (Å²) in [6, 6.07) is 9.87. The van der Waals surface area contributed by atoms with E-state index in [0.29, 0.717) is 36.0 Å². The molecule has 0 fully saturated rings. The molecule has 1 unspecified atom stereocenters. The summed E-state index contributed by atoms with van der Waals surface area (Å²) in [5.74, 6) is 1.60. The molecule has 2 aliphatic rings. The van der Waals surface area contributed by atoms with Crippen LogP contribution >= 0.6 is 0 Å². The topological polar surface area (TPSA) is 92.5 Å². The fourth-order valence-corrected chi connectivity index (χ4v) is 3.02. The van der Waals surface area contributed by atoms with E-state index in [0.717, 1.165) is 12.0 Å². The van der Waals surface area contributed by atoms with Gasteiger partial charge in [-0.05, 0) is 23.8 Å². The first-order valence-electron chi connectivity index (χ1n) is 8.08. The van der Waals surface area contributed by atoms with Crippen molar-refractivity contribution in [2.24, 2.45) is 0 Å². The first-order valence-corrected chi connectivity index (χ1v) is 8.08. The normalized spacial score (nSPS) is 20.2. The smallest absolute Gasteiger partial charge is 0.170 e. The van der Waals surface area contributed by atoms with Crippen molar-refractivity contribution in [1.29, 1.82) is 0 Å². The number of nitrogens with one attached hydrogen (secondary N) is 1. The molecule has 0 amide bonds. The lowest BCUT2D eigenvalue weighted by Crippen LogP contribution is -2.99. The van der Waals surface area contributed by atoms with Crippen molar-refractivity contribution < 1.29 is 29.4 Å². The van der Waals surface area contributed by atoms with Crippen LogP contribution in [0.2, 0.25) is 0 Å². The summed E-state index contributed by atoms with van der Waals surface area (Å²) in [7, 11) is 0. The van der Waals surface area contributed by atoms with Crippen molar-refractivity contribution in [3.05, 3.63) is 52.7 Å². The lowest BCUT2D eigenvalue weighted by Gasteiger charge is -2.26. The molecule has 0 aromatic heterocycles. The Morgan fingerprint density at radius 3 is 2.60 bits per heavy atom. The van der Waals surface area contributed by atoms with E-state index in [1.807, 2.05) is 18.2 Å². The van der Waals surface area contributed by atoms with Gasteiger partial charge in [-0.2, -0.15) is 5.23 Å². The van der Waals surface area contributed by atoms with E-state index >= 15 is 0 Å². The first kappa shape index (κ1) is 15.9. The second-order valence-electron chi connectivity index (χ2n) is 6.01. The third-order valence-electron chi connectivity index (χ3n) is 4.31. The molecular weight excluding hydrogens is 326 g/mol. The van der Waals surface area contributed by atoms with Gasteiger partial charge in [0.1, 0.15) is 11.9 Å². The van der Waals surface area contributed by atoms with Crippen LogP contribution in [0.15, 0.2) is 36.4 Å². The minimum absolute atomic E-state index is 0.0738. The Bertz CT molecular complexity index is 819. The number of ketones is 1. The van der Waals surface area contributed by atoms with Crippen molar-refractivity contribution in [1.82, 2.24) is 0 Å². The SMILES string of the molecule is O=C1C[C@@H](c2ccc3c(c2)OCCCO3)Oc2ccc([NH+]([O-])O)cc21. The standard InChI is InChI=1S/C18H17NO6/c20-14-10-17(25-15-5-3-12(19(21)22)9-13(14)15)11-2-4-16-18(8-11)24-7-1-6-23-16/h2-5,8-9,17,19,21H,1,6-7,10H2/t17-/m0/s1. The van der Waals surface area contributed by atoms with E-state index in [9.17, 15) is 10.0 Å². The second-order valence-corrected chi connectivity index (χ2v) is 6.01. The van der Waals surface area contributed by atoms with Crippen LogP contribution in [0.4, 0.5) is 5.69 Å². The third-order valence-corrected chi connectivity index (χ3v) is 4.31. The molecule has 4 rings (SSSR count). The highest BCUT2D eigenvalue weighted by molar-refractivity contribution is 6.00. The lowest BCUT2D eigenvalue weighted by atomic mass is 9.95. The van der Waals surface area contributed by atoms with E-state index in [4.69, 9.17) is 19.4 Å². The predicted octanol–water partition coefficient (Wildman–Crippen LogP) is 1.96. The number of ether oxygens (including phenoxy) is 3. The summed E-state index contributed by atoms with van der Waals surface area (Å²) in [4.78, 5) is 12.5. The molecule has 0 saturated heterocycles. The summed E-state index contributed by atoms with van der Waals surface area (Å²) in [5, 5.41) is 19.1. The zero-order valence-corrected chi connectivity index (χ0v) is 13.4. The molecule has 7 nitrogen and oxygen atoms in total. The van der Waals surface area contributed by atoms with E-state index in [2.05, 4.69) is 0 Å². The van der Waals surface area contributed by atoms with Gasteiger partial charge in [-0.1, -0.05) is 6.07 Å². The van der Waals surface area contributed by atoms with Crippen LogP contribution in [0.5, 0.6) is 17.2 Å². The Labute approximate surface area is 143 Å². The summed E-state index contributed by atoms with van der Waals surface area (Å²) in [6.07, 6.45) is 0.532. The molecule has 2 heterocycles. The number of hydrogen-bond acceptors (Lipinski definition) is 6. The molecule has 130 valence electrons. The maximum Gasteiger partial charge on any atom is 0.170 e. The fraction of sp³-hybridized carbons (Fsp3) is 0.278. The molecule has 0 aliphatic carbocycles. The zero-order valence-electron chi connectivity index (χ0n) is 13.4. The van der Waals surface area contributed by atoms with Gasteiger partial charge in [0.15, 0.2) is 23.0 Å². The van der Waals surface area contributed by atoms with Gasteiger partial charge in [0.05, 0.1) is 25.2 Å². The molecule has 2 N–H and O–H groups in total. The fourth-order valence-electron chi connectivity index (χ4n) is 3.02. The van der Waals surface area contributed by atoms with Crippen LogP contribution in [-0.4, -0.2) is 24.2 Å². The largest absolute Gasteiger partial charge is 0.595 e. The third kappa shape index (κ3) is 3.05. The highest BCUT2D eigenvalue weighted by Crippen LogP contribution is 2.39. The first-order chi connectivity index (χ1) is 12.1. The van der Waals surface area contributed by atoms with Crippen LogP contribution in [0.25, 0.3) is 0 Å². The van der Waals surface area contributed by atoms with Crippen LogP contribution in [0.3, 0.4) is 0 Å². The number of hydrogen-bond donors (Lipinski definition) is 2. The minimum atomic E-state index is -1.07. The number of benzene rings is 2. The molecular formula is C18H17NO6. The second kappa shape index (κ2) is 6.36. The number of fused-ring (bicyclic) bond motifs is 2. The Morgan fingerprint density at radius 2 is 1.80 bits per heavy atom. The highest BCUT2D eigenvalue weighted by Gasteiger charge is 2.29. The van der Waals surface area contributed by atoms with Crippen LogP contribution in [0.1, 0.15) is 34.9 Å². The van der Waals surface area contributed by atoms with Crippen molar-refractivity contribution in [2.75, 3.05) is 13.2 Å². The maximum atomic E-state index is 12.5. The monoisotopic (exact) mass is 343 g/mol. The molecule has 7 heteroatoms. The van der Waals surface area contributed by atoms with E-state index in [1.165, 1.54) is 18.2 Å². The molecule has 2 aliphatic heterocycles.